The summed E-state index contributed by atoms with van der Waals surface area (Å²) >= 11 is 0. The van der Waals surface area contributed by atoms with Crippen LogP contribution in [-0.4, -0.2) is 5.91 Å². The van der Waals surface area contributed by atoms with Crippen molar-refractivity contribution in [3.63, 3.8) is 0 Å². The molecular weight excluding hydrogens is 126 g/mol. The number of carbonyl (C=O) groups excluding carboxylic acids is 1. The van der Waals surface area contributed by atoms with Gasteiger partial charge in [-0.1, -0.05) is 12.1 Å². The van der Waals surface area contributed by atoms with Crippen molar-refractivity contribution in [2.75, 3.05) is 0 Å². The minimum absolute atomic E-state index is 0.412. The molecule has 1 amide bonds. The fourth-order valence-corrected chi connectivity index (χ4v) is 0.725. The van der Waals surface area contributed by atoms with Crippen molar-refractivity contribution in [1.29, 1.82) is 0 Å². The van der Waals surface area contributed by atoms with Gasteiger partial charge in [-0.3, -0.25) is 4.79 Å². The summed E-state index contributed by atoms with van der Waals surface area (Å²) in [6.45, 7) is 3.66. The first kappa shape index (κ1) is 6.81. The molecule has 0 bridgehead atoms. The Kier molecular flexibility index (Phi) is 1.71. The fraction of sp³-hybridized carbons (Fsp3) is 0. The standard InChI is InChI=1S/C8H8NO/c1-6-3-2-4-7(5-6)8(9)10/h2-5H,1H2,(H2,9,10). The van der Waals surface area contributed by atoms with Crippen molar-refractivity contribution in [1.82, 2.24) is 0 Å². The minimum atomic E-state index is -0.412. The Bertz CT molecular complexity index is 255. The molecular formula is C8H8NO. The summed E-state index contributed by atoms with van der Waals surface area (Å²) in [5.74, 6) is -0.412. The van der Waals surface area contributed by atoms with Crippen LogP contribution < -0.4 is 5.73 Å². The van der Waals surface area contributed by atoms with Crippen LogP contribution in [0.15, 0.2) is 24.3 Å². The quantitative estimate of drug-likeness (QED) is 0.611. The molecule has 0 aromatic heterocycles. The summed E-state index contributed by atoms with van der Waals surface area (Å²) in [4.78, 5) is 10.5. The second-order valence-corrected chi connectivity index (χ2v) is 2.06. The Labute approximate surface area is 59.7 Å². The summed E-state index contributed by atoms with van der Waals surface area (Å²) in [5, 5.41) is 0. The maximum atomic E-state index is 10.5. The second-order valence-electron chi connectivity index (χ2n) is 2.06. The summed E-state index contributed by atoms with van der Waals surface area (Å²) in [6.07, 6.45) is 0. The lowest BCUT2D eigenvalue weighted by Gasteiger charge is -1.94. The van der Waals surface area contributed by atoms with Gasteiger partial charge in [0.15, 0.2) is 0 Å². The first-order chi connectivity index (χ1) is 4.70. The van der Waals surface area contributed by atoms with Gasteiger partial charge in [0.25, 0.3) is 0 Å². The molecule has 2 nitrogen and oxygen atoms in total. The summed E-state index contributed by atoms with van der Waals surface area (Å²) in [7, 11) is 0. The van der Waals surface area contributed by atoms with Gasteiger partial charge in [0.2, 0.25) is 5.91 Å². The molecule has 1 aromatic carbocycles. The van der Waals surface area contributed by atoms with Gasteiger partial charge in [-0.2, -0.15) is 0 Å². The van der Waals surface area contributed by atoms with Gasteiger partial charge in [0, 0.05) is 5.56 Å². The number of rotatable bonds is 1. The van der Waals surface area contributed by atoms with E-state index in [0.717, 1.165) is 5.56 Å². The molecule has 2 N–H and O–H groups in total. The number of nitrogens with two attached hydrogens (primary N) is 1. The van der Waals surface area contributed by atoms with Crippen molar-refractivity contribution >= 4 is 5.91 Å². The van der Waals surface area contributed by atoms with E-state index in [1.54, 1.807) is 18.2 Å². The van der Waals surface area contributed by atoms with Crippen LogP contribution in [0.4, 0.5) is 0 Å². The number of benzene rings is 1. The van der Waals surface area contributed by atoms with Crippen LogP contribution in [0.25, 0.3) is 0 Å². The Hall–Kier alpha value is -1.31. The first-order valence-corrected chi connectivity index (χ1v) is 2.92. The van der Waals surface area contributed by atoms with Crippen LogP contribution in [0.3, 0.4) is 0 Å². The van der Waals surface area contributed by atoms with Gasteiger partial charge in [0.05, 0.1) is 0 Å². The number of primary amides is 1. The Morgan fingerprint density at radius 3 is 2.60 bits per heavy atom. The molecule has 1 radical (unpaired) electrons. The molecule has 0 saturated carbocycles. The van der Waals surface area contributed by atoms with Crippen LogP contribution >= 0.6 is 0 Å². The molecule has 2 heteroatoms. The molecule has 1 rings (SSSR count). The zero-order valence-electron chi connectivity index (χ0n) is 5.50. The molecule has 0 saturated heterocycles. The highest BCUT2D eigenvalue weighted by molar-refractivity contribution is 5.92. The minimum Gasteiger partial charge on any atom is -0.366 e. The molecule has 51 valence electrons. The number of hydrogen-bond acceptors (Lipinski definition) is 1. The summed E-state index contributed by atoms with van der Waals surface area (Å²) in [5.41, 5.74) is 6.32. The number of carbonyl (C=O) groups is 1. The molecule has 10 heavy (non-hydrogen) atoms. The van der Waals surface area contributed by atoms with Crippen LogP contribution in [0.2, 0.25) is 0 Å². The third-order valence-corrected chi connectivity index (χ3v) is 1.21. The van der Waals surface area contributed by atoms with Crippen LogP contribution in [0, 0.1) is 6.92 Å². The fourth-order valence-electron chi connectivity index (χ4n) is 0.725. The van der Waals surface area contributed by atoms with Crippen molar-refractivity contribution in [2.24, 2.45) is 5.73 Å². The van der Waals surface area contributed by atoms with E-state index in [1.807, 2.05) is 6.07 Å². The average Bonchev–Trinajstić information content (AvgIpc) is 1.88. The topological polar surface area (TPSA) is 43.1 Å². The lowest BCUT2D eigenvalue weighted by Crippen LogP contribution is -2.10. The highest BCUT2D eigenvalue weighted by Gasteiger charge is 1.96. The van der Waals surface area contributed by atoms with E-state index in [9.17, 15) is 4.79 Å². The zero-order chi connectivity index (χ0) is 7.56. The molecule has 0 heterocycles. The van der Waals surface area contributed by atoms with Crippen molar-refractivity contribution in [3.8, 4) is 0 Å². The van der Waals surface area contributed by atoms with Gasteiger partial charge in [-0.15, -0.1) is 0 Å². The molecule has 0 aliphatic rings. The lowest BCUT2D eigenvalue weighted by molar-refractivity contribution is 0.100. The molecule has 0 atom stereocenters. The Morgan fingerprint density at radius 1 is 1.50 bits per heavy atom. The predicted octanol–water partition coefficient (Wildman–Crippen LogP) is 0.968. The third-order valence-electron chi connectivity index (χ3n) is 1.21. The summed E-state index contributed by atoms with van der Waals surface area (Å²) < 4.78 is 0. The van der Waals surface area contributed by atoms with E-state index < -0.39 is 5.91 Å². The van der Waals surface area contributed by atoms with E-state index in [1.165, 1.54) is 0 Å². The van der Waals surface area contributed by atoms with Crippen LogP contribution in [-0.2, 0) is 0 Å². The van der Waals surface area contributed by atoms with Gasteiger partial charge in [-0.25, -0.2) is 0 Å². The van der Waals surface area contributed by atoms with E-state index in [4.69, 9.17) is 5.73 Å². The summed E-state index contributed by atoms with van der Waals surface area (Å²) in [6, 6.07) is 6.88. The van der Waals surface area contributed by atoms with E-state index in [0.29, 0.717) is 5.56 Å². The van der Waals surface area contributed by atoms with Gasteiger partial charge in [-0.05, 0) is 24.6 Å². The SMILES string of the molecule is [CH2]c1cccc(C(N)=O)c1. The molecule has 0 aliphatic heterocycles. The lowest BCUT2D eigenvalue weighted by atomic mass is 10.1. The number of amides is 1. The first-order valence-electron chi connectivity index (χ1n) is 2.92. The maximum Gasteiger partial charge on any atom is 0.248 e. The molecule has 0 unspecified atom stereocenters. The zero-order valence-corrected chi connectivity index (χ0v) is 5.50. The number of hydrogen-bond donors (Lipinski definition) is 1. The average molecular weight is 134 g/mol. The highest BCUT2D eigenvalue weighted by Crippen LogP contribution is 2.01. The van der Waals surface area contributed by atoms with Gasteiger partial charge >= 0.3 is 0 Å². The van der Waals surface area contributed by atoms with Crippen molar-refractivity contribution in [2.45, 2.75) is 0 Å². The Morgan fingerprint density at radius 2 is 2.20 bits per heavy atom. The van der Waals surface area contributed by atoms with E-state index in [-0.39, 0.29) is 0 Å². The van der Waals surface area contributed by atoms with E-state index >= 15 is 0 Å². The molecule has 0 aliphatic carbocycles. The second kappa shape index (κ2) is 2.52. The van der Waals surface area contributed by atoms with E-state index in [2.05, 4.69) is 6.92 Å². The van der Waals surface area contributed by atoms with Crippen LogP contribution in [0.1, 0.15) is 15.9 Å². The van der Waals surface area contributed by atoms with Gasteiger partial charge < -0.3 is 5.73 Å². The van der Waals surface area contributed by atoms with Crippen LogP contribution in [0.5, 0.6) is 0 Å². The third kappa shape index (κ3) is 1.35. The maximum absolute atomic E-state index is 10.5. The van der Waals surface area contributed by atoms with Gasteiger partial charge in [0.1, 0.15) is 0 Å². The van der Waals surface area contributed by atoms with Crippen molar-refractivity contribution < 1.29 is 4.79 Å². The molecule has 0 fully saturated rings. The highest BCUT2D eigenvalue weighted by atomic mass is 16.1. The largest absolute Gasteiger partial charge is 0.366 e. The Balaban J connectivity index is 3.07. The monoisotopic (exact) mass is 134 g/mol. The predicted molar refractivity (Wildman–Crippen MR) is 39.4 cm³/mol. The molecule has 1 aromatic rings. The smallest absolute Gasteiger partial charge is 0.248 e. The molecule has 0 spiro atoms. The normalized spacial score (nSPS) is 9.30. The van der Waals surface area contributed by atoms with Crippen molar-refractivity contribution in [3.05, 3.63) is 42.3 Å².